The molecule has 5 heteroatoms. The van der Waals surface area contributed by atoms with Crippen molar-refractivity contribution >= 4 is 22.9 Å². The molecule has 76 valence electrons. The molecule has 0 fully saturated rings. The molecule has 0 spiro atoms. The Bertz CT molecular complexity index is 497. The third-order valence-electron chi connectivity index (χ3n) is 1.89. The summed E-state index contributed by atoms with van der Waals surface area (Å²) >= 11 is 0. The quantitative estimate of drug-likeness (QED) is 0.732. The van der Waals surface area contributed by atoms with E-state index in [1.807, 2.05) is 11.4 Å². The van der Waals surface area contributed by atoms with Gasteiger partial charge in [0.15, 0.2) is 5.76 Å². The number of carbonyl (C=O) groups is 2. The van der Waals surface area contributed by atoms with Crippen molar-refractivity contribution in [3.8, 4) is 0 Å². The van der Waals surface area contributed by atoms with Crippen LogP contribution >= 0.6 is 0 Å². The fourth-order valence-electron chi connectivity index (χ4n) is 1.27. The van der Waals surface area contributed by atoms with Crippen molar-refractivity contribution in [1.29, 1.82) is 0 Å². The predicted octanol–water partition coefficient (Wildman–Crippen LogP) is 1.24. The number of urea groups is 1. The van der Waals surface area contributed by atoms with Gasteiger partial charge in [-0.1, -0.05) is 18.2 Å². The van der Waals surface area contributed by atoms with Gasteiger partial charge < -0.3 is 10.2 Å². The van der Waals surface area contributed by atoms with Crippen molar-refractivity contribution < 1.29 is 14.0 Å². The second kappa shape index (κ2) is 3.45. The summed E-state index contributed by atoms with van der Waals surface area (Å²) in [5.41, 5.74) is 5.40. The van der Waals surface area contributed by atoms with Gasteiger partial charge in [-0.15, -0.1) is 0 Å². The van der Waals surface area contributed by atoms with Gasteiger partial charge in [-0.25, -0.2) is 4.79 Å². The number of nitrogens with two attached hydrogens (primary N) is 1. The maximum absolute atomic E-state index is 11.3. The van der Waals surface area contributed by atoms with E-state index in [4.69, 9.17) is 10.2 Å². The van der Waals surface area contributed by atoms with Gasteiger partial charge in [0.2, 0.25) is 0 Å². The zero-order valence-electron chi connectivity index (χ0n) is 7.69. The molecule has 1 heterocycles. The average molecular weight is 204 g/mol. The molecule has 0 atom stereocenters. The number of primary amides is 1. The maximum Gasteiger partial charge on any atom is 0.319 e. The van der Waals surface area contributed by atoms with Crippen molar-refractivity contribution in [2.75, 3.05) is 0 Å². The third kappa shape index (κ3) is 1.80. The number of benzene rings is 1. The van der Waals surface area contributed by atoms with Crippen LogP contribution in [-0.2, 0) is 0 Å². The molecule has 1 aromatic heterocycles. The standard InChI is InChI=1S/C10H8N2O3/c11-10(14)12-9(13)8-5-6-3-1-2-4-7(6)15-8/h1-5H,(H3,11,12,13,14). The number of hydrogen-bond donors (Lipinski definition) is 2. The molecular weight excluding hydrogens is 196 g/mol. The van der Waals surface area contributed by atoms with Crippen LogP contribution in [-0.4, -0.2) is 11.9 Å². The number of imide groups is 1. The molecule has 2 aromatic rings. The molecule has 0 aliphatic rings. The van der Waals surface area contributed by atoms with Gasteiger partial charge in [-0.3, -0.25) is 10.1 Å². The van der Waals surface area contributed by atoms with Crippen LogP contribution in [0.15, 0.2) is 34.7 Å². The molecular formula is C10H8N2O3. The van der Waals surface area contributed by atoms with Crippen LogP contribution in [0.3, 0.4) is 0 Å². The van der Waals surface area contributed by atoms with E-state index in [0.29, 0.717) is 5.58 Å². The molecule has 0 saturated heterocycles. The van der Waals surface area contributed by atoms with Crippen LogP contribution in [0.4, 0.5) is 4.79 Å². The first-order valence-corrected chi connectivity index (χ1v) is 4.26. The van der Waals surface area contributed by atoms with Gasteiger partial charge in [0.1, 0.15) is 5.58 Å². The Balaban J connectivity index is 2.36. The summed E-state index contributed by atoms with van der Waals surface area (Å²) in [6, 6.07) is 7.81. The molecule has 2 rings (SSSR count). The van der Waals surface area contributed by atoms with Gasteiger partial charge in [0, 0.05) is 5.39 Å². The van der Waals surface area contributed by atoms with Crippen molar-refractivity contribution in [3.05, 3.63) is 36.1 Å². The lowest BCUT2D eigenvalue weighted by Gasteiger charge is -1.94. The molecule has 0 bridgehead atoms. The Morgan fingerprint density at radius 1 is 1.27 bits per heavy atom. The summed E-state index contributed by atoms with van der Waals surface area (Å²) in [6.45, 7) is 0. The third-order valence-corrected chi connectivity index (χ3v) is 1.89. The van der Waals surface area contributed by atoms with Crippen molar-refractivity contribution in [2.24, 2.45) is 5.73 Å². The molecule has 3 amide bonds. The molecule has 3 N–H and O–H groups in total. The van der Waals surface area contributed by atoms with Crippen LogP contribution in [0.25, 0.3) is 11.0 Å². The minimum Gasteiger partial charge on any atom is -0.451 e. The Labute approximate surface area is 84.9 Å². The van der Waals surface area contributed by atoms with E-state index in [-0.39, 0.29) is 5.76 Å². The van der Waals surface area contributed by atoms with E-state index in [9.17, 15) is 9.59 Å². The topological polar surface area (TPSA) is 85.3 Å². The molecule has 15 heavy (non-hydrogen) atoms. The summed E-state index contributed by atoms with van der Waals surface area (Å²) in [7, 11) is 0. The lowest BCUT2D eigenvalue weighted by Crippen LogP contribution is -2.34. The van der Waals surface area contributed by atoms with Crippen LogP contribution < -0.4 is 11.1 Å². The fourth-order valence-corrected chi connectivity index (χ4v) is 1.27. The number of furan rings is 1. The molecule has 0 aliphatic carbocycles. The van der Waals surface area contributed by atoms with E-state index in [0.717, 1.165) is 5.39 Å². The Morgan fingerprint density at radius 2 is 2.00 bits per heavy atom. The number of hydrogen-bond acceptors (Lipinski definition) is 3. The first-order valence-electron chi connectivity index (χ1n) is 4.26. The number of amides is 3. The van der Waals surface area contributed by atoms with E-state index >= 15 is 0 Å². The average Bonchev–Trinajstić information content (AvgIpc) is 2.59. The lowest BCUT2D eigenvalue weighted by atomic mass is 10.2. The summed E-state index contributed by atoms with van der Waals surface area (Å²) in [4.78, 5) is 21.8. The van der Waals surface area contributed by atoms with E-state index in [1.165, 1.54) is 0 Å². The second-order valence-corrected chi connectivity index (χ2v) is 2.97. The minimum atomic E-state index is -0.902. The van der Waals surface area contributed by atoms with Crippen LogP contribution in [0.1, 0.15) is 10.6 Å². The number of carbonyl (C=O) groups excluding carboxylic acids is 2. The normalized spacial score (nSPS) is 10.1. The molecule has 0 aliphatic heterocycles. The van der Waals surface area contributed by atoms with Crippen molar-refractivity contribution in [2.45, 2.75) is 0 Å². The van der Waals surface area contributed by atoms with E-state index in [2.05, 4.69) is 0 Å². The van der Waals surface area contributed by atoms with Crippen molar-refractivity contribution in [1.82, 2.24) is 5.32 Å². The first kappa shape index (κ1) is 9.26. The highest BCUT2D eigenvalue weighted by Gasteiger charge is 2.12. The molecule has 0 radical (unpaired) electrons. The molecule has 1 aromatic carbocycles. The highest BCUT2D eigenvalue weighted by atomic mass is 16.3. The zero-order valence-corrected chi connectivity index (χ0v) is 7.69. The highest BCUT2D eigenvalue weighted by molar-refractivity contribution is 6.04. The Morgan fingerprint density at radius 3 is 2.67 bits per heavy atom. The van der Waals surface area contributed by atoms with Gasteiger partial charge in [-0.05, 0) is 12.1 Å². The summed E-state index contributed by atoms with van der Waals surface area (Å²) in [6.07, 6.45) is 0. The van der Waals surface area contributed by atoms with Gasteiger partial charge in [0.25, 0.3) is 5.91 Å². The van der Waals surface area contributed by atoms with Gasteiger partial charge in [0.05, 0.1) is 0 Å². The molecule has 5 nitrogen and oxygen atoms in total. The Kier molecular flexibility index (Phi) is 2.13. The SMILES string of the molecule is NC(=O)NC(=O)c1cc2ccccc2o1. The summed E-state index contributed by atoms with van der Waals surface area (Å²) in [5.74, 6) is -0.575. The second-order valence-electron chi connectivity index (χ2n) is 2.97. The first-order chi connectivity index (χ1) is 7.16. The number of para-hydroxylation sites is 1. The predicted molar refractivity (Wildman–Crippen MR) is 53.3 cm³/mol. The van der Waals surface area contributed by atoms with Gasteiger partial charge >= 0.3 is 6.03 Å². The van der Waals surface area contributed by atoms with Crippen LogP contribution in [0.2, 0.25) is 0 Å². The number of rotatable bonds is 1. The fraction of sp³-hybridized carbons (Fsp3) is 0. The van der Waals surface area contributed by atoms with Gasteiger partial charge in [-0.2, -0.15) is 0 Å². The highest BCUT2D eigenvalue weighted by Crippen LogP contribution is 2.18. The van der Waals surface area contributed by atoms with Crippen LogP contribution in [0, 0.1) is 0 Å². The monoisotopic (exact) mass is 204 g/mol. The molecule has 0 saturated carbocycles. The smallest absolute Gasteiger partial charge is 0.319 e. The number of fused-ring (bicyclic) bond motifs is 1. The zero-order chi connectivity index (χ0) is 10.8. The van der Waals surface area contributed by atoms with E-state index in [1.54, 1.807) is 24.3 Å². The van der Waals surface area contributed by atoms with Crippen molar-refractivity contribution in [3.63, 3.8) is 0 Å². The maximum atomic E-state index is 11.3. The lowest BCUT2D eigenvalue weighted by molar-refractivity contribution is 0.0941. The Hall–Kier alpha value is -2.30. The summed E-state index contributed by atoms with van der Waals surface area (Å²) in [5, 5.41) is 2.72. The largest absolute Gasteiger partial charge is 0.451 e. The number of nitrogens with one attached hydrogen (secondary N) is 1. The summed E-state index contributed by atoms with van der Waals surface area (Å²) < 4.78 is 5.21. The molecule has 0 unspecified atom stereocenters. The van der Waals surface area contributed by atoms with Crippen LogP contribution in [0.5, 0.6) is 0 Å². The van der Waals surface area contributed by atoms with E-state index < -0.39 is 11.9 Å². The minimum absolute atomic E-state index is 0.0648.